The maximum atomic E-state index is 11.7. The Labute approximate surface area is 132 Å². The van der Waals surface area contributed by atoms with Crippen molar-refractivity contribution >= 4 is 56.5 Å². The second-order valence-electron chi connectivity index (χ2n) is 3.65. The minimum Gasteiger partial charge on any atom is -0.307 e. The van der Waals surface area contributed by atoms with Crippen molar-refractivity contribution in [2.75, 3.05) is 5.32 Å². The maximum Gasteiger partial charge on any atom is 0.337 e. The van der Waals surface area contributed by atoms with Crippen molar-refractivity contribution in [2.45, 2.75) is 0 Å². The summed E-state index contributed by atoms with van der Waals surface area (Å²) in [7, 11) is 0. The Bertz CT molecular complexity index is 630. The third kappa shape index (κ3) is 3.96. The van der Waals surface area contributed by atoms with Gasteiger partial charge in [-0.15, -0.1) is 11.3 Å². The lowest BCUT2D eigenvalue weighted by molar-refractivity contribution is 0.0937. The highest BCUT2D eigenvalue weighted by Gasteiger charge is 2.11. The average molecular weight is 375 g/mol. The van der Waals surface area contributed by atoms with E-state index >= 15 is 0 Å². The number of halogens is 2. The second kappa shape index (κ2) is 6.74. The Morgan fingerprint density at radius 3 is 2.40 bits per heavy atom. The van der Waals surface area contributed by atoms with E-state index in [2.05, 4.69) is 32.1 Å². The Hall–Kier alpha value is -1.57. The molecule has 0 aliphatic carbocycles. The third-order valence-electron chi connectivity index (χ3n) is 2.25. The molecule has 0 aliphatic rings. The highest BCUT2D eigenvalue weighted by molar-refractivity contribution is 9.11. The van der Waals surface area contributed by atoms with Crippen LogP contribution in [0.4, 0.5) is 10.5 Å². The first-order valence-corrected chi connectivity index (χ1v) is 7.47. The zero-order chi connectivity index (χ0) is 14.5. The van der Waals surface area contributed by atoms with Crippen LogP contribution >= 0.6 is 38.9 Å². The van der Waals surface area contributed by atoms with Gasteiger partial charge in [0.15, 0.2) is 0 Å². The number of amides is 3. The fourth-order valence-electron chi connectivity index (χ4n) is 1.33. The van der Waals surface area contributed by atoms with Gasteiger partial charge in [-0.1, -0.05) is 11.6 Å². The van der Waals surface area contributed by atoms with E-state index in [0.717, 1.165) is 0 Å². The Morgan fingerprint density at radius 1 is 1.10 bits per heavy atom. The molecule has 0 aliphatic heterocycles. The molecule has 104 valence electrons. The quantitative estimate of drug-likeness (QED) is 0.703. The Kier molecular flexibility index (Phi) is 4.99. The van der Waals surface area contributed by atoms with E-state index in [4.69, 9.17) is 11.6 Å². The van der Waals surface area contributed by atoms with E-state index in [9.17, 15) is 9.59 Å². The molecule has 1 heterocycles. The maximum absolute atomic E-state index is 11.7. The van der Waals surface area contributed by atoms with Crippen LogP contribution in [-0.4, -0.2) is 11.9 Å². The summed E-state index contributed by atoms with van der Waals surface area (Å²) in [6.45, 7) is 0. The number of thiophene rings is 1. The zero-order valence-electron chi connectivity index (χ0n) is 9.94. The summed E-state index contributed by atoms with van der Waals surface area (Å²) in [5.74, 6) is -0.399. The lowest BCUT2D eigenvalue weighted by atomic mass is 10.3. The molecule has 2 rings (SSSR count). The summed E-state index contributed by atoms with van der Waals surface area (Å²) in [5.41, 5.74) is 5.60. The topological polar surface area (TPSA) is 70.2 Å². The van der Waals surface area contributed by atoms with Crippen LogP contribution in [0.15, 0.2) is 39.5 Å². The number of benzene rings is 1. The van der Waals surface area contributed by atoms with Crippen molar-refractivity contribution in [3.63, 3.8) is 0 Å². The lowest BCUT2D eigenvalue weighted by Crippen LogP contribution is -2.43. The van der Waals surface area contributed by atoms with Crippen LogP contribution in [0.25, 0.3) is 0 Å². The van der Waals surface area contributed by atoms with E-state index < -0.39 is 11.9 Å². The lowest BCUT2D eigenvalue weighted by Gasteiger charge is -2.08. The van der Waals surface area contributed by atoms with E-state index in [1.807, 2.05) is 0 Å². The first-order valence-electron chi connectivity index (χ1n) is 5.42. The monoisotopic (exact) mass is 373 g/mol. The van der Waals surface area contributed by atoms with Crippen LogP contribution in [0.3, 0.4) is 0 Å². The number of rotatable bonds is 2. The molecular weight excluding hydrogens is 366 g/mol. The van der Waals surface area contributed by atoms with Crippen molar-refractivity contribution in [1.29, 1.82) is 0 Å². The molecule has 1 aromatic heterocycles. The SMILES string of the molecule is O=C(NNC(=O)c1ccsc1Br)Nc1ccc(Cl)cc1. The van der Waals surface area contributed by atoms with Gasteiger partial charge in [0.25, 0.3) is 5.91 Å². The van der Waals surface area contributed by atoms with Gasteiger partial charge in [0.2, 0.25) is 0 Å². The fourth-order valence-corrected chi connectivity index (χ4v) is 2.71. The first-order chi connectivity index (χ1) is 9.56. The zero-order valence-corrected chi connectivity index (χ0v) is 13.1. The molecule has 0 radical (unpaired) electrons. The molecule has 3 N–H and O–H groups in total. The molecule has 0 spiro atoms. The number of nitrogens with one attached hydrogen (secondary N) is 3. The van der Waals surface area contributed by atoms with Gasteiger partial charge in [-0.3, -0.25) is 10.2 Å². The van der Waals surface area contributed by atoms with Gasteiger partial charge in [-0.05, 0) is 51.6 Å². The van der Waals surface area contributed by atoms with Gasteiger partial charge in [0.05, 0.1) is 9.35 Å². The molecule has 5 nitrogen and oxygen atoms in total. The molecule has 2 aromatic rings. The molecule has 0 bridgehead atoms. The van der Waals surface area contributed by atoms with Gasteiger partial charge in [0, 0.05) is 10.7 Å². The number of carbonyl (C=O) groups is 2. The van der Waals surface area contributed by atoms with E-state index in [-0.39, 0.29) is 0 Å². The summed E-state index contributed by atoms with van der Waals surface area (Å²) in [6.07, 6.45) is 0. The molecule has 3 amide bonds. The number of carbonyl (C=O) groups excluding carboxylic acids is 2. The largest absolute Gasteiger partial charge is 0.337 e. The number of hydrogen-bond donors (Lipinski definition) is 3. The van der Waals surface area contributed by atoms with Crippen LogP contribution in [0.5, 0.6) is 0 Å². The Balaban J connectivity index is 1.85. The van der Waals surface area contributed by atoms with Crippen molar-refractivity contribution < 1.29 is 9.59 Å². The highest BCUT2D eigenvalue weighted by atomic mass is 79.9. The first kappa shape index (κ1) is 14.8. The van der Waals surface area contributed by atoms with E-state index in [1.54, 1.807) is 35.7 Å². The third-order valence-corrected chi connectivity index (χ3v) is 4.19. The number of urea groups is 1. The Morgan fingerprint density at radius 2 is 1.80 bits per heavy atom. The van der Waals surface area contributed by atoms with Gasteiger partial charge >= 0.3 is 6.03 Å². The standard InChI is InChI=1S/C12H9BrClN3O2S/c13-10-9(5-6-20-10)11(18)16-17-12(19)15-8-3-1-7(14)2-4-8/h1-6H,(H,16,18)(H2,15,17,19). The van der Waals surface area contributed by atoms with Gasteiger partial charge in [-0.25, -0.2) is 10.2 Å². The van der Waals surface area contributed by atoms with Gasteiger partial charge < -0.3 is 5.32 Å². The molecule has 1 aromatic carbocycles. The molecule has 0 saturated heterocycles. The smallest absolute Gasteiger partial charge is 0.307 e. The fraction of sp³-hybridized carbons (Fsp3) is 0. The molecular formula is C12H9BrClN3O2S. The van der Waals surface area contributed by atoms with Crippen LogP contribution in [0.2, 0.25) is 5.02 Å². The summed E-state index contributed by atoms with van der Waals surface area (Å²) in [6, 6.07) is 7.71. The van der Waals surface area contributed by atoms with Crippen molar-refractivity contribution in [1.82, 2.24) is 10.9 Å². The molecule has 0 fully saturated rings. The van der Waals surface area contributed by atoms with Crippen LogP contribution in [0, 0.1) is 0 Å². The molecule has 0 atom stereocenters. The summed E-state index contributed by atoms with van der Waals surface area (Å²) in [4.78, 5) is 23.3. The number of hydrazine groups is 1. The van der Waals surface area contributed by atoms with Crippen LogP contribution in [0.1, 0.15) is 10.4 Å². The molecule has 8 heteroatoms. The van der Waals surface area contributed by atoms with Gasteiger partial charge in [0.1, 0.15) is 0 Å². The normalized spacial score (nSPS) is 9.90. The molecule has 0 saturated carbocycles. The number of anilines is 1. The summed E-state index contributed by atoms with van der Waals surface area (Å²) in [5, 5.41) is 4.90. The van der Waals surface area contributed by atoms with Crippen molar-refractivity contribution in [3.05, 3.63) is 50.1 Å². The van der Waals surface area contributed by atoms with E-state index in [0.29, 0.717) is 20.1 Å². The summed E-state index contributed by atoms with van der Waals surface area (Å²) >= 11 is 10.4. The van der Waals surface area contributed by atoms with Crippen LogP contribution < -0.4 is 16.2 Å². The predicted molar refractivity (Wildman–Crippen MR) is 83.1 cm³/mol. The minimum atomic E-state index is -0.549. The molecule has 20 heavy (non-hydrogen) atoms. The number of hydrogen-bond acceptors (Lipinski definition) is 3. The van der Waals surface area contributed by atoms with E-state index in [1.165, 1.54) is 11.3 Å². The molecule has 0 unspecified atom stereocenters. The highest BCUT2D eigenvalue weighted by Crippen LogP contribution is 2.22. The van der Waals surface area contributed by atoms with Gasteiger partial charge in [-0.2, -0.15) is 0 Å². The minimum absolute atomic E-state index is 0.399. The van der Waals surface area contributed by atoms with Crippen molar-refractivity contribution in [2.24, 2.45) is 0 Å². The predicted octanol–water partition coefficient (Wildman–Crippen LogP) is 3.63. The second-order valence-corrected chi connectivity index (χ2v) is 6.32. The average Bonchev–Trinajstić information content (AvgIpc) is 2.85. The van der Waals surface area contributed by atoms with Crippen LogP contribution in [-0.2, 0) is 0 Å². The van der Waals surface area contributed by atoms with Crippen molar-refractivity contribution in [3.8, 4) is 0 Å². The summed E-state index contributed by atoms with van der Waals surface area (Å²) < 4.78 is 0.704.